The summed E-state index contributed by atoms with van der Waals surface area (Å²) < 4.78 is 5.16. The first kappa shape index (κ1) is 18.6. The maximum Gasteiger partial charge on any atom is 0.338 e. The van der Waals surface area contributed by atoms with Crippen LogP contribution in [0.2, 0.25) is 5.15 Å². The van der Waals surface area contributed by atoms with Crippen molar-refractivity contribution in [3.8, 4) is 0 Å². The number of pyridine rings is 1. The lowest BCUT2D eigenvalue weighted by Gasteiger charge is -2.20. The lowest BCUT2D eigenvalue weighted by atomic mass is 9.97. The maximum absolute atomic E-state index is 12.2. The van der Waals surface area contributed by atoms with Crippen LogP contribution in [-0.2, 0) is 9.53 Å². The molecule has 1 saturated carbocycles. The number of halogens is 1. The highest BCUT2D eigenvalue weighted by Gasteiger charge is 2.16. The number of esters is 1. The first-order valence-electron chi connectivity index (χ1n) is 9.14. The van der Waals surface area contributed by atoms with E-state index in [1.807, 2.05) is 0 Å². The van der Waals surface area contributed by atoms with E-state index in [2.05, 4.69) is 10.3 Å². The lowest BCUT2D eigenvalue weighted by Crippen LogP contribution is -2.38. The van der Waals surface area contributed by atoms with Gasteiger partial charge in [0.25, 0.3) is 5.91 Å². The SMILES string of the molecule is O=C(COC(=O)c1ccc2nc(Cl)ccc2c1)NC1CCCCCCC1. The van der Waals surface area contributed by atoms with Gasteiger partial charge in [0.1, 0.15) is 5.15 Å². The topological polar surface area (TPSA) is 68.3 Å². The van der Waals surface area contributed by atoms with Crippen LogP contribution in [0.25, 0.3) is 10.9 Å². The zero-order chi connectivity index (χ0) is 18.4. The van der Waals surface area contributed by atoms with Gasteiger partial charge in [-0.2, -0.15) is 0 Å². The Hall–Kier alpha value is -2.14. The Morgan fingerprint density at radius 3 is 2.58 bits per heavy atom. The molecule has 3 rings (SSSR count). The molecule has 1 fully saturated rings. The second-order valence-corrected chi connectivity index (χ2v) is 7.11. The Bertz CT molecular complexity index is 786. The van der Waals surface area contributed by atoms with Crippen LogP contribution in [0, 0.1) is 0 Å². The van der Waals surface area contributed by atoms with Crippen molar-refractivity contribution in [2.45, 2.75) is 51.0 Å². The van der Waals surface area contributed by atoms with Crippen LogP contribution in [-0.4, -0.2) is 29.5 Å². The molecule has 1 amide bonds. The fourth-order valence-corrected chi connectivity index (χ4v) is 3.47. The summed E-state index contributed by atoms with van der Waals surface area (Å²) in [6.07, 6.45) is 8.01. The zero-order valence-electron chi connectivity index (χ0n) is 14.7. The van der Waals surface area contributed by atoms with Crippen molar-refractivity contribution in [3.05, 3.63) is 41.0 Å². The Labute approximate surface area is 158 Å². The smallest absolute Gasteiger partial charge is 0.338 e. The number of nitrogens with zero attached hydrogens (tertiary/aromatic N) is 1. The average Bonchev–Trinajstić information content (AvgIpc) is 2.61. The van der Waals surface area contributed by atoms with E-state index in [1.165, 1.54) is 19.3 Å². The summed E-state index contributed by atoms with van der Waals surface area (Å²) in [5.41, 5.74) is 1.09. The third kappa shape index (κ3) is 5.18. The molecule has 1 heterocycles. The highest BCUT2D eigenvalue weighted by molar-refractivity contribution is 6.29. The third-order valence-electron chi connectivity index (χ3n) is 4.70. The second-order valence-electron chi connectivity index (χ2n) is 6.73. The van der Waals surface area contributed by atoms with Gasteiger partial charge in [0.15, 0.2) is 6.61 Å². The molecule has 0 aliphatic heterocycles. The minimum absolute atomic E-state index is 0.193. The number of carbonyl (C=O) groups is 2. The maximum atomic E-state index is 12.2. The van der Waals surface area contributed by atoms with Crippen molar-refractivity contribution < 1.29 is 14.3 Å². The number of nitrogens with one attached hydrogen (secondary N) is 1. The van der Waals surface area contributed by atoms with Crippen molar-refractivity contribution in [2.24, 2.45) is 0 Å². The van der Waals surface area contributed by atoms with E-state index in [9.17, 15) is 9.59 Å². The largest absolute Gasteiger partial charge is 0.452 e. The molecule has 0 saturated heterocycles. The van der Waals surface area contributed by atoms with Gasteiger partial charge in [0.2, 0.25) is 0 Å². The van der Waals surface area contributed by atoms with Gasteiger partial charge in [-0.1, -0.05) is 43.7 Å². The van der Waals surface area contributed by atoms with E-state index < -0.39 is 5.97 Å². The Balaban J connectivity index is 1.52. The van der Waals surface area contributed by atoms with Gasteiger partial charge in [0, 0.05) is 11.4 Å². The van der Waals surface area contributed by atoms with Crippen molar-refractivity contribution in [1.29, 1.82) is 0 Å². The number of carbonyl (C=O) groups excluding carboxylic acids is 2. The molecule has 0 radical (unpaired) electrons. The molecule has 6 heteroatoms. The number of benzene rings is 1. The first-order valence-corrected chi connectivity index (χ1v) is 9.52. The van der Waals surface area contributed by atoms with Crippen LogP contribution >= 0.6 is 11.6 Å². The Morgan fingerprint density at radius 1 is 1.08 bits per heavy atom. The first-order chi connectivity index (χ1) is 12.6. The van der Waals surface area contributed by atoms with Gasteiger partial charge in [-0.3, -0.25) is 4.79 Å². The van der Waals surface area contributed by atoms with Crippen molar-refractivity contribution in [3.63, 3.8) is 0 Å². The summed E-state index contributed by atoms with van der Waals surface area (Å²) in [4.78, 5) is 28.5. The van der Waals surface area contributed by atoms with E-state index in [1.54, 1.807) is 30.3 Å². The van der Waals surface area contributed by atoms with E-state index in [-0.39, 0.29) is 18.6 Å². The lowest BCUT2D eigenvalue weighted by molar-refractivity contribution is -0.125. The molecule has 1 aromatic carbocycles. The fourth-order valence-electron chi connectivity index (χ4n) is 3.31. The number of ether oxygens (including phenoxy) is 1. The molecule has 1 aromatic heterocycles. The van der Waals surface area contributed by atoms with Gasteiger partial charge < -0.3 is 10.1 Å². The van der Waals surface area contributed by atoms with Crippen LogP contribution < -0.4 is 5.32 Å². The molecule has 138 valence electrons. The van der Waals surface area contributed by atoms with E-state index in [4.69, 9.17) is 16.3 Å². The predicted molar refractivity (Wildman–Crippen MR) is 101 cm³/mol. The Morgan fingerprint density at radius 2 is 1.81 bits per heavy atom. The minimum Gasteiger partial charge on any atom is -0.452 e. The average molecular weight is 375 g/mol. The minimum atomic E-state index is -0.519. The molecule has 1 aliphatic rings. The van der Waals surface area contributed by atoms with Gasteiger partial charge >= 0.3 is 5.97 Å². The van der Waals surface area contributed by atoms with E-state index in [0.717, 1.165) is 31.1 Å². The summed E-state index contributed by atoms with van der Waals surface area (Å²) >= 11 is 5.86. The van der Waals surface area contributed by atoms with Crippen LogP contribution in [0.3, 0.4) is 0 Å². The molecule has 0 bridgehead atoms. The Kier molecular flexibility index (Phi) is 6.45. The number of hydrogen-bond acceptors (Lipinski definition) is 4. The van der Waals surface area contributed by atoms with Crippen molar-refractivity contribution in [2.75, 3.05) is 6.61 Å². The number of fused-ring (bicyclic) bond motifs is 1. The van der Waals surface area contributed by atoms with Gasteiger partial charge in [0.05, 0.1) is 11.1 Å². The molecule has 0 spiro atoms. The zero-order valence-corrected chi connectivity index (χ0v) is 15.4. The van der Waals surface area contributed by atoms with Gasteiger partial charge in [-0.15, -0.1) is 0 Å². The van der Waals surface area contributed by atoms with Crippen LogP contribution in [0.1, 0.15) is 55.3 Å². The summed E-state index contributed by atoms with van der Waals surface area (Å²) in [6.45, 7) is -0.258. The molecular weight excluding hydrogens is 352 g/mol. The van der Waals surface area contributed by atoms with Gasteiger partial charge in [-0.25, -0.2) is 9.78 Å². The molecule has 26 heavy (non-hydrogen) atoms. The number of amides is 1. The summed E-state index contributed by atoms with van der Waals surface area (Å²) in [5, 5.41) is 4.18. The molecule has 0 unspecified atom stereocenters. The highest BCUT2D eigenvalue weighted by atomic mass is 35.5. The van der Waals surface area contributed by atoms with Crippen LogP contribution in [0.4, 0.5) is 0 Å². The van der Waals surface area contributed by atoms with Crippen molar-refractivity contribution >= 4 is 34.4 Å². The molecule has 1 N–H and O–H groups in total. The number of rotatable bonds is 4. The fraction of sp³-hybridized carbons (Fsp3) is 0.450. The normalized spacial score (nSPS) is 15.9. The molecule has 2 aromatic rings. The standard InChI is InChI=1S/C20H23ClN2O3/c21-18-11-9-14-12-15(8-10-17(14)23-18)20(25)26-13-19(24)22-16-6-4-2-1-3-5-7-16/h8-12,16H,1-7,13H2,(H,22,24). The second kappa shape index (κ2) is 8.99. The highest BCUT2D eigenvalue weighted by Crippen LogP contribution is 2.18. The molecule has 1 aliphatic carbocycles. The molecule has 0 atom stereocenters. The van der Waals surface area contributed by atoms with E-state index >= 15 is 0 Å². The van der Waals surface area contributed by atoms with Crippen LogP contribution in [0.15, 0.2) is 30.3 Å². The molecule has 5 nitrogen and oxygen atoms in total. The quantitative estimate of drug-likeness (QED) is 0.640. The van der Waals surface area contributed by atoms with Crippen LogP contribution in [0.5, 0.6) is 0 Å². The number of aromatic nitrogens is 1. The van der Waals surface area contributed by atoms with E-state index in [0.29, 0.717) is 16.2 Å². The summed E-state index contributed by atoms with van der Waals surface area (Å²) in [5.74, 6) is -0.757. The third-order valence-corrected chi connectivity index (χ3v) is 4.91. The van der Waals surface area contributed by atoms with Crippen molar-refractivity contribution in [1.82, 2.24) is 10.3 Å². The predicted octanol–water partition coefficient (Wildman–Crippen LogP) is 4.27. The number of hydrogen-bond donors (Lipinski definition) is 1. The monoisotopic (exact) mass is 374 g/mol. The summed E-state index contributed by atoms with van der Waals surface area (Å²) in [7, 11) is 0. The van der Waals surface area contributed by atoms with Gasteiger partial charge in [-0.05, 0) is 43.2 Å². The summed E-state index contributed by atoms with van der Waals surface area (Å²) in [6, 6.07) is 8.68. The molecular formula is C20H23ClN2O3.